The van der Waals surface area contributed by atoms with Crippen LogP contribution in [0.25, 0.3) is 16.7 Å². The van der Waals surface area contributed by atoms with Crippen LogP contribution in [0, 0.1) is 33.6 Å². The van der Waals surface area contributed by atoms with Gasteiger partial charge in [-0.15, -0.1) is 5.10 Å². The summed E-state index contributed by atoms with van der Waals surface area (Å²) in [5.74, 6) is 0.149. The highest BCUT2D eigenvalue weighted by atomic mass is 16.1. The lowest BCUT2D eigenvalue weighted by atomic mass is 9.86. The first-order valence-corrected chi connectivity index (χ1v) is 10.9. The standard InChI is InChI=1S/C27H29N3O/c1-6-22(16-21-12-11-18(3)19(4)15-21)27(31)23-13-17(2)14-26(20(23)5)30-25-10-8-7-9-24(25)28-29-30/h7-15,22H,6,16H2,1-5H3. The summed E-state index contributed by atoms with van der Waals surface area (Å²) in [5.41, 5.74) is 9.25. The predicted octanol–water partition coefficient (Wildman–Crippen LogP) is 6.11. The fraction of sp³-hybridized carbons (Fsp3) is 0.296. The van der Waals surface area contributed by atoms with Crippen LogP contribution in [-0.2, 0) is 6.42 Å². The van der Waals surface area contributed by atoms with E-state index in [0.29, 0.717) is 0 Å². The molecule has 4 aromatic rings. The van der Waals surface area contributed by atoms with Crippen molar-refractivity contribution in [1.82, 2.24) is 15.0 Å². The zero-order valence-electron chi connectivity index (χ0n) is 18.9. The molecule has 0 fully saturated rings. The van der Waals surface area contributed by atoms with Crippen LogP contribution in [-0.4, -0.2) is 20.8 Å². The van der Waals surface area contributed by atoms with Crippen molar-refractivity contribution in [3.63, 3.8) is 0 Å². The van der Waals surface area contributed by atoms with Crippen LogP contribution in [0.5, 0.6) is 0 Å². The molecule has 4 rings (SSSR count). The van der Waals surface area contributed by atoms with Crippen LogP contribution >= 0.6 is 0 Å². The van der Waals surface area contributed by atoms with E-state index in [-0.39, 0.29) is 11.7 Å². The summed E-state index contributed by atoms with van der Waals surface area (Å²) in [6.45, 7) is 10.4. The van der Waals surface area contributed by atoms with E-state index in [1.807, 2.05) is 48.9 Å². The minimum absolute atomic E-state index is 0.0528. The van der Waals surface area contributed by atoms with Gasteiger partial charge in [-0.1, -0.05) is 42.5 Å². The number of aromatic nitrogens is 3. The average Bonchev–Trinajstić information content (AvgIpc) is 3.19. The van der Waals surface area contributed by atoms with Gasteiger partial charge in [0.2, 0.25) is 0 Å². The summed E-state index contributed by atoms with van der Waals surface area (Å²) < 4.78 is 1.85. The fourth-order valence-electron chi connectivity index (χ4n) is 4.22. The van der Waals surface area contributed by atoms with Crippen LogP contribution in [0.3, 0.4) is 0 Å². The number of carbonyl (C=O) groups excluding carboxylic acids is 1. The molecule has 1 aromatic heterocycles. The van der Waals surface area contributed by atoms with Gasteiger partial charge in [-0.05, 0) is 92.6 Å². The summed E-state index contributed by atoms with van der Waals surface area (Å²) in [6.07, 6.45) is 1.56. The smallest absolute Gasteiger partial charge is 0.166 e. The highest BCUT2D eigenvalue weighted by Gasteiger charge is 2.23. The zero-order valence-corrected chi connectivity index (χ0v) is 18.9. The second-order valence-electron chi connectivity index (χ2n) is 8.54. The van der Waals surface area contributed by atoms with Crippen LogP contribution in [0.2, 0.25) is 0 Å². The Kier molecular flexibility index (Phi) is 5.73. The Morgan fingerprint density at radius 2 is 1.74 bits per heavy atom. The molecule has 0 spiro atoms. The van der Waals surface area contributed by atoms with Gasteiger partial charge in [-0.3, -0.25) is 4.79 Å². The molecule has 3 aromatic carbocycles. The molecule has 0 saturated carbocycles. The second-order valence-corrected chi connectivity index (χ2v) is 8.54. The molecule has 0 aliphatic heterocycles. The van der Waals surface area contributed by atoms with Crippen molar-refractivity contribution in [2.75, 3.05) is 0 Å². The van der Waals surface area contributed by atoms with Crippen LogP contribution in [0.4, 0.5) is 0 Å². The minimum Gasteiger partial charge on any atom is -0.294 e. The Labute approximate surface area is 183 Å². The van der Waals surface area contributed by atoms with E-state index in [9.17, 15) is 4.79 Å². The van der Waals surface area contributed by atoms with Gasteiger partial charge in [0.25, 0.3) is 0 Å². The largest absolute Gasteiger partial charge is 0.294 e. The Balaban J connectivity index is 1.73. The van der Waals surface area contributed by atoms with Crippen molar-refractivity contribution < 1.29 is 4.79 Å². The van der Waals surface area contributed by atoms with Crippen molar-refractivity contribution in [1.29, 1.82) is 0 Å². The lowest BCUT2D eigenvalue weighted by Crippen LogP contribution is -2.19. The molecule has 0 amide bonds. The van der Waals surface area contributed by atoms with Crippen LogP contribution in [0.15, 0.2) is 54.6 Å². The third kappa shape index (κ3) is 4.02. The number of aryl methyl sites for hydroxylation is 3. The van der Waals surface area contributed by atoms with Crippen molar-refractivity contribution in [3.05, 3.63) is 88.0 Å². The quantitative estimate of drug-likeness (QED) is 0.360. The van der Waals surface area contributed by atoms with Crippen molar-refractivity contribution in [2.24, 2.45) is 5.92 Å². The second kappa shape index (κ2) is 8.46. The number of fused-ring (bicyclic) bond motifs is 1. The molecule has 0 aliphatic rings. The van der Waals surface area contributed by atoms with E-state index in [1.54, 1.807) is 0 Å². The lowest BCUT2D eigenvalue weighted by Gasteiger charge is -2.18. The number of ketones is 1. The van der Waals surface area contributed by atoms with Gasteiger partial charge >= 0.3 is 0 Å². The molecule has 4 nitrogen and oxygen atoms in total. The van der Waals surface area contributed by atoms with Gasteiger partial charge in [0.05, 0.1) is 11.2 Å². The van der Waals surface area contributed by atoms with E-state index in [1.165, 1.54) is 16.7 Å². The summed E-state index contributed by atoms with van der Waals surface area (Å²) in [7, 11) is 0. The van der Waals surface area contributed by atoms with Gasteiger partial charge in [0.15, 0.2) is 5.78 Å². The molecule has 1 heterocycles. The molecule has 4 heteroatoms. The summed E-state index contributed by atoms with van der Waals surface area (Å²) in [4.78, 5) is 13.6. The van der Waals surface area contributed by atoms with E-state index >= 15 is 0 Å². The van der Waals surface area contributed by atoms with Gasteiger partial charge in [0, 0.05) is 11.5 Å². The number of rotatable bonds is 6. The topological polar surface area (TPSA) is 47.8 Å². The van der Waals surface area contributed by atoms with Gasteiger partial charge < -0.3 is 0 Å². The van der Waals surface area contributed by atoms with E-state index in [4.69, 9.17) is 0 Å². The fourth-order valence-corrected chi connectivity index (χ4v) is 4.22. The molecule has 0 aliphatic carbocycles. The first-order valence-electron chi connectivity index (χ1n) is 10.9. The van der Waals surface area contributed by atoms with Gasteiger partial charge in [-0.25, -0.2) is 4.68 Å². The third-order valence-corrected chi connectivity index (χ3v) is 6.29. The molecule has 1 unspecified atom stereocenters. The van der Waals surface area contributed by atoms with E-state index < -0.39 is 0 Å². The van der Waals surface area contributed by atoms with E-state index in [2.05, 4.69) is 55.3 Å². The number of benzene rings is 3. The first-order chi connectivity index (χ1) is 14.9. The molecule has 0 saturated heterocycles. The van der Waals surface area contributed by atoms with Gasteiger partial charge in [-0.2, -0.15) is 0 Å². The summed E-state index contributed by atoms with van der Waals surface area (Å²) in [5, 5.41) is 8.66. The highest BCUT2D eigenvalue weighted by Crippen LogP contribution is 2.27. The number of para-hydroxylation sites is 1. The number of hydrogen-bond donors (Lipinski definition) is 0. The monoisotopic (exact) mass is 411 g/mol. The van der Waals surface area contributed by atoms with Crippen molar-refractivity contribution in [2.45, 2.75) is 47.5 Å². The molecular formula is C27H29N3O. The number of nitrogens with zero attached hydrogens (tertiary/aromatic N) is 3. The molecule has 31 heavy (non-hydrogen) atoms. The molecule has 0 bridgehead atoms. The van der Waals surface area contributed by atoms with Crippen LogP contribution in [0.1, 0.15) is 51.5 Å². The van der Waals surface area contributed by atoms with Crippen molar-refractivity contribution >= 4 is 16.8 Å². The summed E-state index contributed by atoms with van der Waals surface area (Å²) in [6, 6.07) is 18.5. The number of Topliss-reactive ketones (excluding diaryl/α,β-unsaturated/α-hetero) is 1. The highest BCUT2D eigenvalue weighted by molar-refractivity contribution is 6.00. The molecule has 0 radical (unpaired) electrons. The minimum atomic E-state index is -0.0528. The number of hydrogen-bond acceptors (Lipinski definition) is 3. The molecule has 1 atom stereocenters. The maximum atomic E-state index is 13.6. The predicted molar refractivity (Wildman–Crippen MR) is 126 cm³/mol. The summed E-state index contributed by atoms with van der Waals surface area (Å²) >= 11 is 0. The maximum Gasteiger partial charge on any atom is 0.166 e. The zero-order chi connectivity index (χ0) is 22.1. The average molecular weight is 412 g/mol. The number of carbonyl (C=O) groups is 1. The molecular weight excluding hydrogens is 382 g/mol. The molecule has 0 N–H and O–H groups in total. The third-order valence-electron chi connectivity index (χ3n) is 6.29. The van der Waals surface area contributed by atoms with Gasteiger partial charge in [0.1, 0.15) is 5.52 Å². The Morgan fingerprint density at radius 1 is 0.968 bits per heavy atom. The first kappa shape index (κ1) is 21.0. The Morgan fingerprint density at radius 3 is 2.48 bits per heavy atom. The lowest BCUT2D eigenvalue weighted by molar-refractivity contribution is 0.0915. The maximum absolute atomic E-state index is 13.6. The molecule has 158 valence electrons. The Hall–Kier alpha value is -3.27. The van der Waals surface area contributed by atoms with Crippen LogP contribution < -0.4 is 0 Å². The van der Waals surface area contributed by atoms with Crippen molar-refractivity contribution in [3.8, 4) is 5.69 Å². The van der Waals surface area contributed by atoms with E-state index in [0.717, 1.165) is 46.3 Å². The normalized spacial score (nSPS) is 12.3. The Bertz CT molecular complexity index is 1270. The SMILES string of the molecule is CCC(Cc1ccc(C)c(C)c1)C(=O)c1cc(C)cc(-n2nnc3ccccc32)c1C.